The van der Waals surface area contributed by atoms with Gasteiger partial charge in [0.05, 0.1) is 19.5 Å². The molecule has 0 unspecified atom stereocenters. The number of aromatic nitrogens is 2. The first kappa shape index (κ1) is 14.9. The zero-order valence-electron chi connectivity index (χ0n) is 11.4. The van der Waals surface area contributed by atoms with Gasteiger partial charge in [-0.1, -0.05) is 0 Å². The van der Waals surface area contributed by atoms with Crippen LogP contribution < -0.4 is 10.0 Å². The van der Waals surface area contributed by atoms with Gasteiger partial charge >= 0.3 is 0 Å². The molecule has 0 spiro atoms. The van der Waals surface area contributed by atoms with Crippen LogP contribution in [-0.2, 0) is 14.8 Å². The van der Waals surface area contributed by atoms with Crippen LogP contribution in [0.15, 0.2) is 12.1 Å². The van der Waals surface area contributed by atoms with Gasteiger partial charge in [0, 0.05) is 26.2 Å². The average Bonchev–Trinajstić information content (AvgIpc) is 2.40. The van der Waals surface area contributed by atoms with E-state index in [0.29, 0.717) is 5.82 Å². The van der Waals surface area contributed by atoms with E-state index in [9.17, 15) is 8.42 Å². The molecule has 1 aromatic rings. The first-order valence-corrected chi connectivity index (χ1v) is 8.27. The quantitative estimate of drug-likeness (QED) is 0.737. The molecule has 1 aromatic heterocycles. The fraction of sp³-hybridized carbons (Fsp3) is 0.636. The van der Waals surface area contributed by atoms with E-state index in [1.54, 1.807) is 12.1 Å². The molecule has 20 heavy (non-hydrogen) atoms. The lowest BCUT2D eigenvalue weighted by Crippen LogP contribution is -2.39. The highest BCUT2D eigenvalue weighted by molar-refractivity contribution is 7.92. The Morgan fingerprint density at radius 2 is 1.90 bits per heavy atom. The lowest BCUT2D eigenvalue weighted by molar-refractivity contribution is 0.0398. The Labute approximate surface area is 118 Å². The third kappa shape index (κ3) is 5.27. The number of ether oxygens (including phenoxy) is 1. The van der Waals surface area contributed by atoms with Crippen LogP contribution in [0.1, 0.15) is 0 Å². The predicted octanol–water partition coefficient (Wildman–Crippen LogP) is -0.408. The molecule has 9 heteroatoms. The summed E-state index contributed by atoms with van der Waals surface area (Å²) >= 11 is 0. The summed E-state index contributed by atoms with van der Waals surface area (Å²) in [5, 5.41) is 10.9. The summed E-state index contributed by atoms with van der Waals surface area (Å²) in [5.74, 6) is 0.837. The Morgan fingerprint density at radius 1 is 1.25 bits per heavy atom. The number of hydrogen-bond acceptors (Lipinski definition) is 7. The van der Waals surface area contributed by atoms with Crippen molar-refractivity contribution in [1.29, 1.82) is 0 Å². The van der Waals surface area contributed by atoms with E-state index < -0.39 is 10.0 Å². The van der Waals surface area contributed by atoms with Crippen molar-refractivity contribution in [2.24, 2.45) is 0 Å². The molecule has 0 amide bonds. The highest BCUT2D eigenvalue weighted by atomic mass is 32.2. The van der Waals surface area contributed by atoms with Gasteiger partial charge in [0.1, 0.15) is 5.82 Å². The molecule has 8 nitrogen and oxygen atoms in total. The van der Waals surface area contributed by atoms with Gasteiger partial charge in [-0.05, 0) is 12.1 Å². The molecule has 1 aliphatic rings. The Hall–Kier alpha value is -1.45. The lowest BCUT2D eigenvalue weighted by Gasteiger charge is -2.26. The zero-order valence-corrected chi connectivity index (χ0v) is 12.2. The number of sulfonamides is 1. The molecule has 0 saturated carbocycles. The van der Waals surface area contributed by atoms with Crippen molar-refractivity contribution in [3.63, 3.8) is 0 Å². The fourth-order valence-corrected chi connectivity index (χ4v) is 2.33. The van der Waals surface area contributed by atoms with Crippen LogP contribution >= 0.6 is 0 Å². The monoisotopic (exact) mass is 301 g/mol. The van der Waals surface area contributed by atoms with Gasteiger partial charge in [0.15, 0.2) is 5.82 Å². The molecule has 0 aliphatic carbocycles. The largest absolute Gasteiger partial charge is 0.379 e. The summed E-state index contributed by atoms with van der Waals surface area (Å²) in [6.07, 6.45) is 1.07. The third-order valence-corrected chi connectivity index (χ3v) is 3.37. The minimum atomic E-state index is -3.31. The van der Waals surface area contributed by atoms with Crippen molar-refractivity contribution in [2.45, 2.75) is 0 Å². The van der Waals surface area contributed by atoms with Crippen molar-refractivity contribution in [1.82, 2.24) is 15.1 Å². The number of hydrogen-bond donors (Lipinski definition) is 2. The highest BCUT2D eigenvalue weighted by Crippen LogP contribution is 2.07. The van der Waals surface area contributed by atoms with E-state index in [1.165, 1.54) is 0 Å². The summed E-state index contributed by atoms with van der Waals surface area (Å²) in [7, 11) is -3.31. The van der Waals surface area contributed by atoms with Crippen molar-refractivity contribution in [2.75, 3.05) is 55.7 Å². The minimum Gasteiger partial charge on any atom is -0.379 e. The number of nitrogens with one attached hydrogen (secondary N) is 2. The smallest absolute Gasteiger partial charge is 0.231 e. The van der Waals surface area contributed by atoms with E-state index >= 15 is 0 Å². The van der Waals surface area contributed by atoms with Crippen LogP contribution in [0, 0.1) is 0 Å². The van der Waals surface area contributed by atoms with Crippen LogP contribution in [0.5, 0.6) is 0 Å². The van der Waals surface area contributed by atoms with E-state index in [-0.39, 0.29) is 5.82 Å². The molecule has 0 atom stereocenters. The molecule has 0 aromatic carbocycles. The standard InChI is InChI=1S/C11H19N5O3S/c1-20(17,18)15-11-3-2-10(13-14-11)12-4-5-16-6-8-19-9-7-16/h2-3H,4-9H2,1H3,(H,12,13)(H,14,15). The molecule has 112 valence electrons. The van der Waals surface area contributed by atoms with E-state index in [1.807, 2.05) is 0 Å². The second kappa shape index (κ2) is 6.82. The van der Waals surface area contributed by atoms with Crippen LogP contribution in [0.25, 0.3) is 0 Å². The topological polar surface area (TPSA) is 96.5 Å². The third-order valence-electron chi connectivity index (χ3n) is 2.79. The molecule has 2 rings (SSSR count). The molecular weight excluding hydrogens is 282 g/mol. The lowest BCUT2D eigenvalue weighted by atomic mass is 10.4. The summed E-state index contributed by atoms with van der Waals surface area (Å²) in [6, 6.07) is 3.27. The number of morpholine rings is 1. The van der Waals surface area contributed by atoms with Crippen molar-refractivity contribution in [3.05, 3.63) is 12.1 Å². The molecule has 0 bridgehead atoms. The van der Waals surface area contributed by atoms with Gasteiger partial charge < -0.3 is 10.1 Å². The Kier molecular flexibility index (Phi) is 5.10. The summed E-state index contributed by atoms with van der Waals surface area (Å²) in [4.78, 5) is 2.31. The van der Waals surface area contributed by atoms with Crippen LogP contribution in [0.2, 0.25) is 0 Å². The Morgan fingerprint density at radius 3 is 2.50 bits per heavy atom. The SMILES string of the molecule is CS(=O)(=O)Nc1ccc(NCCN2CCOCC2)nn1. The fourth-order valence-electron chi connectivity index (χ4n) is 1.84. The summed E-state index contributed by atoms with van der Waals surface area (Å²) in [5.41, 5.74) is 0. The predicted molar refractivity (Wildman–Crippen MR) is 76.2 cm³/mol. The molecule has 2 N–H and O–H groups in total. The zero-order chi connectivity index (χ0) is 14.4. The number of nitrogens with zero attached hydrogens (tertiary/aromatic N) is 3. The van der Waals surface area contributed by atoms with E-state index in [4.69, 9.17) is 4.74 Å². The Bertz CT molecular complexity index is 513. The Balaban J connectivity index is 1.76. The van der Waals surface area contributed by atoms with Gasteiger partial charge in [-0.2, -0.15) is 0 Å². The van der Waals surface area contributed by atoms with Crippen LogP contribution in [-0.4, -0.2) is 69.2 Å². The molecule has 1 saturated heterocycles. The minimum absolute atomic E-state index is 0.214. The van der Waals surface area contributed by atoms with Crippen molar-refractivity contribution < 1.29 is 13.2 Å². The maximum Gasteiger partial charge on any atom is 0.231 e. The normalized spacial score (nSPS) is 16.9. The van der Waals surface area contributed by atoms with Gasteiger partial charge in [0.25, 0.3) is 0 Å². The highest BCUT2D eigenvalue weighted by Gasteiger charge is 2.09. The van der Waals surface area contributed by atoms with Gasteiger partial charge in [-0.15, -0.1) is 10.2 Å². The second-order valence-electron chi connectivity index (χ2n) is 4.56. The van der Waals surface area contributed by atoms with Gasteiger partial charge in [-0.25, -0.2) is 8.42 Å². The second-order valence-corrected chi connectivity index (χ2v) is 6.31. The maximum absolute atomic E-state index is 11.0. The maximum atomic E-state index is 11.0. The number of anilines is 2. The molecule has 1 aliphatic heterocycles. The molecular formula is C11H19N5O3S. The average molecular weight is 301 g/mol. The van der Waals surface area contributed by atoms with E-state index in [0.717, 1.165) is 45.6 Å². The van der Waals surface area contributed by atoms with Gasteiger partial charge in [-0.3, -0.25) is 9.62 Å². The van der Waals surface area contributed by atoms with Crippen molar-refractivity contribution >= 4 is 21.7 Å². The van der Waals surface area contributed by atoms with E-state index in [2.05, 4.69) is 25.1 Å². The molecule has 1 fully saturated rings. The first-order chi connectivity index (χ1) is 9.53. The van der Waals surface area contributed by atoms with Crippen molar-refractivity contribution in [3.8, 4) is 0 Å². The summed E-state index contributed by atoms with van der Waals surface area (Å²) < 4.78 is 29.6. The summed E-state index contributed by atoms with van der Waals surface area (Å²) in [6.45, 7) is 5.13. The molecule has 0 radical (unpaired) electrons. The molecule has 2 heterocycles. The first-order valence-electron chi connectivity index (χ1n) is 6.38. The van der Waals surface area contributed by atoms with Crippen LogP contribution in [0.4, 0.5) is 11.6 Å². The van der Waals surface area contributed by atoms with Crippen LogP contribution in [0.3, 0.4) is 0 Å². The van der Waals surface area contributed by atoms with Gasteiger partial charge in [0.2, 0.25) is 10.0 Å². The number of rotatable bonds is 6.